The fourth-order valence-corrected chi connectivity index (χ4v) is 3.32. The molecule has 3 rings (SSSR count). The predicted molar refractivity (Wildman–Crippen MR) is 107 cm³/mol. The van der Waals surface area contributed by atoms with Crippen LogP contribution in [0, 0.1) is 0 Å². The summed E-state index contributed by atoms with van der Waals surface area (Å²) < 4.78 is 1.44. The van der Waals surface area contributed by atoms with E-state index in [1.54, 1.807) is 19.3 Å². The maximum atomic E-state index is 12.8. The second-order valence-electron chi connectivity index (χ2n) is 7.23. The second-order valence-corrected chi connectivity index (χ2v) is 7.23. The molecular weight excluding hydrogens is 342 g/mol. The highest BCUT2D eigenvalue weighted by Gasteiger charge is 2.22. The van der Waals surface area contributed by atoms with Crippen molar-refractivity contribution in [3.63, 3.8) is 0 Å². The van der Waals surface area contributed by atoms with E-state index in [0.29, 0.717) is 18.2 Å². The van der Waals surface area contributed by atoms with Gasteiger partial charge in [0.1, 0.15) is 5.82 Å². The third kappa shape index (κ3) is 4.67. The van der Waals surface area contributed by atoms with Crippen LogP contribution in [0.25, 0.3) is 0 Å². The SMILES string of the molecule is CN(C)c1ccc(N[C@@H]2CCCN(C(=O)c3ccc(=O)n(C)c3)CC2)cn1. The highest BCUT2D eigenvalue weighted by Crippen LogP contribution is 2.19. The van der Waals surface area contributed by atoms with E-state index in [1.807, 2.05) is 42.2 Å². The molecule has 0 aromatic carbocycles. The number of anilines is 2. The highest BCUT2D eigenvalue weighted by atomic mass is 16.2. The van der Waals surface area contributed by atoms with E-state index in [2.05, 4.69) is 10.3 Å². The second kappa shape index (κ2) is 8.24. The van der Waals surface area contributed by atoms with Crippen LogP contribution in [0.1, 0.15) is 29.6 Å². The summed E-state index contributed by atoms with van der Waals surface area (Å²) in [6.45, 7) is 1.43. The summed E-state index contributed by atoms with van der Waals surface area (Å²) in [6.07, 6.45) is 6.30. The Kier molecular flexibility index (Phi) is 5.78. The third-order valence-corrected chi connectivity index (χ3v) is 4.92. The summed E-state index contributed by atoms with van der Waals surface area (Å²) in [4.78, 5) is 32.6. The van der Waals surface area contributed by atoms with Gasteiger partial charge in [0, 0.05) is 52.5 Å². The molecule has 1 aliphatic rings. The van der Waals surface area contributed by atoms with Gasteiger partial charge in [-0.2, -0.15) is 0 Å². The monoisotopic (exact) mass is 369 g/mol. The van der Waals surface area contributed by atoms with Crippen LogP contribution in [0.2, 0.25) is 0 Å². The summed E-state index contributed by atoms with van der Waals surface area (Å²) in [5.41, 5.74) is 1.45. The van der Waals surface area contributed by atoms with Crippen LogP contribution in [0.5, 0.6) is 0 Å². The zero-order chi connectivity index (χ0) is 19.4. The molecule has 0 aliphatic carbocycles. The lowest BCUT2D eigenvalue weighted by atomic mass is 10.1. The fourth-order valence-electron chi connectivity index (χ4n) is 3.32. The van der Waals surface area contributed by atoms with Crippen molar-refractivity contribution in [2.75, 3.05) is 37.4 Å². The Morgan fingerprint density at radius 3 is 2.67 bits per heavy atom. The minimum atomic E-state index is -0.111. The molecule has 1 aliphatic heterocycles. The van der Waals surface area contributed by atoms with Crippen molar-refractivity contribution in [3.8, 4) is 0 Å². The number of amides is 1. The van der Waals surface area contributed by atoms with Crippen LogP contribution in [0.4, 0.5) is 11.5 Å². The van der Waals surface area contributed by atoms with Gasteiger partial charge < -0.3 is 19.7 Å². The first-order valence-corrected chi connectivity index (χ1v) is 9.30. The molecule has 1 atom stereocenters. The topological polar surface area (TPSA) is 70.5 Å². The van der Waals surface area contributed by atoms with Gasteiger partial charge >= 0.3 is 0 Å². The van der Waals surface area contributed by atoms with Gasteiger partial charge in [-0.3, -0.25) is 9.59 Å². The molecule has 0 spiro atoms. The average molecular weight is 369 g/mol. The molecule has 1 N–H and O–H groups in total. The Morgan fingerprint density at radius 1 is 1.19 bits per heavy atom. The van der Waals surface area contributed by atoms with Crippen molar-refractivity contribution < 1.29 is 4.79 Å². The number of rotatable bonds is 4. The van der Waals surface area contributed by atoms with Crippen LogP contribution in [0.3, 0.4) is 0 Å². The maximum absolute atomic E-state index is 12.8. The van der Waals surface area contributed by atoms with E-state index in [0.717, 1.165) is 37.3 Å². The summed E-state index contributed by atoms with van der Waals surface area (Å²) in [6, 6.07) is 7.41. The van der Waals surface area contributed by atoms with E-state index in [9.17, 15) is 9.59 Å². The zero-order valence-electron chi connectivity index (χ0n) is 16.2. The summed E-state index contributed by atoms with van der Waals surface area (Å²) >= 11 is 0. The average Bonchev–Trinajstić information content (AvgIpc) is 2.89. The van der Waals surface area contributed by atoms with Crippen molar-refractivity contribution in [1.29, 1.82) is 0 Å². The first kappa shape index (κ1) is 18.9. The number of carbonyl (C=O) groups is 1. The fraction of sp³-hybridized carbons (Fsp3) is 0.450. The van der Waals surface area contributed by atoms with Crippen molar-refractivity contribution in [1.82, 2.24) is 14.5 Å². The number of carbonyl (C=O) groups excluding carboxylic acids is 1. The molecule has 1 saturated heterocycles. The Labute approximate surface area is 159 Å². The Hall–Kier alpha value is -2.83. The summed E-state index contributed by atoms with van der Waals surface area (Å²) in [7, 11) is 5.60. The van der Waals surface area contributed by atoms with Crippen molar-refractivity contribution >= 4 is 17.4 Å². The first-order valence-electron chi connectivity index (χ1n) is 9.30. The van der Waals surface area contributed by atoms with E-state index in [4.69, 9.17) is 0 Å². The molecule has 1 fully saturated rings. The van der Waals surface area contributed by atoms with Gasteiger partial charge in [0.05, 0.1) is 17.4 Å². The molecule has 2 aromatic heterocycles. The van der Waals surface area contributed by atoms with Crippen LogP contribution in [-0.4, -0.2) is 53.6 Å². The molecule has 1 amide bonds. The summed E-state index contributed by atoms with van der Waals surface area (Å²) in [5.74, 6) is 0.915. The van der Waals surface area contributed by atoms with Gasteiger partial charge in [0.15, 0.2) is 0 Å². The van der Waals surface area contributed by atoms with Crippen molar-refractivity contribution in [2.24, 2.45) is 7.05 Å². The van der Waals surface area contributed by atoms with E-state index < -0.39 is 0 Å². The molecule has 0 unspecified atom stereocenters. The number of hydrogen-bond donors (Lipinski definition) is 1. The minimum Gasteiger partial charge on any atom is -0.381 e. The molecular formula is C20H27N5O2. The number of nitrogens with zero attached hydrogens (tertiary/aromatic N) is 4. The molecule has 7 heteroatoms. The standard InChI is InChI=1S/C20H27N5O2/c1-23(2)18-8-7-17(13-21-18)22-16-5-4-11-25(12-10-16)20(27)15-6-9-19(26)24(3)14-15/h6-9,13-14,16,22H,4-5,10-12H2,1-3H3/t16-/m1/s1. The molecule has 2 aromatic rings. The van der Waals surface area contributed by atoms with E-state index in [-0.39, 0.29) is 11.5 Å². The lowest BCUT2D eigenvalue weighted by Gasteiger charge is -2.21. The smallest absolute Gasteiger partial charge is 0.255 e. The lowest BCUT2D eigenvalue weighted by molar-refractivity contribution is 0.0760. The predicted octanol–water partition coefficient (Wildman–Crippen LogP) is 1.95. The van der Waals surface area contributed by atoms with Crippen LogP contribution >= 0.6 is 0 Å². The van der Waals surface area contributed by atoms with Gasteiger partial charge in [0.2, 0.25) is 5.56 Å². The largest absolute Gasteiger partial charge is 0.381 e. The Bertz CT molecular complexity index is 844. The third-order valence-electron chi connectivity index (χ3n) is 4.92. The van der Waals surface area contributed by atoms with Crippen LogP contribution in [-0.2, 0) is 7.05 Å². The van der Waals surface area contributed by atoms with Gasteiger partial charge in [0.25, 0.3) is 5.91 Å². The summed E-state index contributed by atoms with van der Waals surface area (Å²) in [5, 5.41) is 3.54. The van der Waals surface area contributed by atoms with Crippen LogP contribution < -0.4 is 15.8 Å². The highest BCUT2D eigenvalue weighted by molar-refractivity contribution is 5.93. The number of likely N-dealkylation sites (tertiary alicyclic amines) is 1. The van der Waals surface area contributed by atoms with Crippen LogP contribution in [0.15, 0.2) is 41.5 Å². The normalized spacial score (nSPS) is 17.3. The molecule has 0 radical (unpaired) electrons. The van der Waals surface area contributed by atoms with Gasteiger partial charge in [-0.25, -0.2) is 4.98 Å². The number of hydrogen-bond acceptors (Lipinski definition) is 5. The number of nitrogens with one attached hydrogen (secondary N) is 1. The molecule has 0 bridgehead atoms. The number of aromatic nitrogens is 2. The quantitative estimate of drug-likeness (QED) is 0.892. The van der Waals surface area contributed by atoms with Crippen molar-refractivity contribution in [2.45, 2.75) is 25.3 Å². The Morgan fingerprint density at radius 2 is 2.00 bits per heavy atom. The molecule has 3 heterocycles. The number of pyridine rings is 2. The maximum Gasteiger partial charge on any atom is 0.255 e. The minimum absolute atomic E-state index is 0.0109. The van der Waals surface area contributed by atoms with Crippen molar-refractivity contribution in [3.05, 3.63) is 52.6 Å². The van der Waals surface area contributed by atoms with E-state index >= 15 is 0 Å². The first-order chi connectivity index (χ1) is 12.9. The van der Waals surface area contributed by atoms with Gasteiger partial charge in [-0.1, -0.05) is 0 Å². The molecule has 27 heavy (non-hydrogen) atoms. The van der Waals surface area contributed by atoms with Gasteiger partial charge in [-0.15, -0.1) is 0 Å². The molecule has 0 saturated carbocycles. The zero-order valence-corrected chi connectivity index (χ0v) is 16.2. The lowest BCUT2D eigenvalue weighted by Crippen LogP contribution is -2.33. The Balaban J connectivity index is 1.60. The number of aryl methyl sites for hydroxylation is 1. The van der Waals surface area contributed by atoms with E-state index in [1.165, 1.54) is 10.6 Å². The molecule has 7 nitrogen and oxygen atoms in total. The van der Waals surface area contributed by atoms with Gasteiger partial charge in [-0.05, 0) is 37.5 Å². The molecule has 144 valence electrons.